The van der Waals surface area contributed by atoms with Crippen molar-refractivity contribution < 1.29 is 4.79 Å². The van der Waals surface area contributed by atoms with E-state index >= 15 is 0 Å². The Bertz CT molecular complexity index is 414. The number of nitrogens with zero attached hydrogens (tertiary/aromatic N) is 2. The molecule has 0 aromatic heterocycles. The Morgan fingerprint density at radius 2 is 2.06 bits per heavy atom. The van der Waals surface area contributed by atoms with Gasteiger partial charge in [-0.3, -0.25) is 10.2 Å². The van der Waals surface area contributed by atoms with Crippen LogP contribution in [0.2, 0.25) is 0 Å². The van der Waals surface area contributed by atoms with Gasteiger partial charge in [-0.25, -0.2) is 0 Å². The van der Waals surface area contributed by atoms with Crippen molar-refractivity contribution in [3.63, 3.8) is 0 Å². The molecule has 4 heteroatoms. The first-order valence-electron chi connectivity index (χ1n) is 5.32. The Hall–Kier alpha value is -1.84. The van der Waals surface area contributed by atoms with Crippen molar-refractivity contribution in [3.8, 4) is 0 Å². The van der Waals surface area contributed by atoms with Gasteiger partial charge in [0.2, 0.25) is 0 Å². The van der Waals surface area contributed by atoms with Gasteiger partial charge in [0.25, 0.3) is 5.91 Å². The summed E-state index contributed by atoms with van der Waals surface area (Å²) < 4.78 is 0. The summed E-state index contributed by atoms with van der Waals surface area (Å²) in [5, 5.41) is 4.18. The van der Waals surface area contributed by atoms with E-state index in [1.165, 1.54) is 0 Å². The molecule has 1 fully saturated rings. The Morgan fingerprint density at radius 3 is 2.62 bits per heavy atom. The number of hydrogen-bond acceptors (Lipinski definition) is 3. The first-order valence-corrected chi connectivity index (χ1v) is 5.32. The summed E-state index contributed by atoms with van der Waals surface area (Å²) in [6.07, 6.45) is 0. The van der Waals surface area contributed by atoms with E-state index in [1.807, 2.05) is 37.3 Å². The molecule has 84 valence electrons. The van der Waals surface area contributed by atoms with Crippen molar-refractivity contribution in [2.45, 2.75) is 6.92 Å². The lowest BCUT2D eigenvalue weighted by atomic mass is 10.1. The fraction of sp³-hybridized carbons (Fsp3) is 0.333. The average molecular weight is 217 g/mol. The maximum atomic E-state index is 11.7. The summed E-state index contributed by atoms with van der Waals surface area (Å²) >= 11 is 0. The third kappa shape index (κ3) is 2.05. The monoisotopic (exact) mass is 217 g/mol. The molecule has 0 radical (unpaired) electrons. The van der Waals surface area contributed by atoms with Crippen LogP contribution in [0.5, 0.6) is 0 Å². The summed E-state index contributed by atoms with van der Waals surface area (Å²) in [5.41, 5.74) is 4.40. The number of rotatable bonds is 2. The Labute approximate surface area is 95.0 Å². The molecule has 2 rings (SSSR count). The Kier molecular flexibility index (Phi) is 2.90. The molecule has 4 nitrogen and oxygen atoms in total. The predicted octanol–water partition coefficient (Wildman–Crippen LogP) is 1.56. The number of hydrazone groups is 1. The van der Waals surface area contributed by atoms with Crippen LogP contribution in [-0.2, 0) is 4.79 Å². The first-order chi connectivity index (χ1) is 7.68. The number of nitrogens with one attached hydrogen (secondary N) is 1. The quantitative estimate of drug-likeness (QED) is 0.764. The lowest BCUT2D eigenvalue weighted by molar-refractivity contribution is -0.121. The SMILES string of the molecule is CC1CN(C)C(=O)/C1=N\Nc1ccccc1. The molecule has 1 amide bonds. The van der Waals surface area contributed by atoms with Crippen molar-refractivity contribution >= 4 is 17.3 Å². The topological polar surface area (TPSA) is 44.7 Å². The molecule has 1 saturated heterocycles. The molecular weight excluding hydrogens is 202 g/mol. The molecule has 16 heavy (non-hydrogen) atoms. The zero-order valence-electron chi connectivity index (χ0n) is 9.47. The van der Waals surface area contributed by atoms with Crippen LogP contribution in [0, 0.1) is 5.92 Å². The Morgan fingerprint density at radius 1 is 1.38 bits per heavy atom. The third-order valence-corrected chi connectivity index (χ3v) is 2.66. The fourth-order valence-corrected chi connectivity index (χ4v) is 1.78. The lowest BCUT2D eigenvalue weighted by Gasteiger charge is -2.04. The Balaban J connectivity index is 2.11. The molecule has 1 heterocycles. The number of likely N-dealkylation sites (tertiary alicyclic amines) is 1. The van der Waals surface area contributed by atoms with Crippen LogP contribution in [0.25, 0.3) is 0 Å². The van der Waals surface area contributed by atoms with Crippen molar-refractivity contribution in [1.29, 1.82) is 0 Å². The van der Waals surface area contributed by atoms with Gasteiger partial charge in [0.05, 0.1) is 5.69 Å². The standard InChI is InChI=1S/C12H15N3O/c1-9-8-15(2)12(16)11(9)14-13-10-6-4-3-5-7-10/h3-7,9,13H,8H2,1-2H3/b14-11-. The van der Waals surface area contributed by atoms with E-state index in [0.29, 0.717) is 5.71 Å². The third-order valence-electron chi connectivity index (χ3n) is 2.66. The van der Waals surface area contributed by atoms with E-state index in [-0.39, 0.29) is 11.8 Å². The van der Waals surface area contributed by atoms with E-state index in [9.17, 15) is 4.79 Å². The van der Waals surface area contributed by atoms with Crippen LogP contribution < -0.4 is 5.43 Å². The van der Waals surface area contributed by atoms with Crippen molar-refractivity contribution in [2.24, 2.45) is 11.0 Å². The van der Waals surface area contributed by atoms with Crippen LogP contribution in [0.4, 0.5) is 5.69 Å². The number of hydrogen-bond donors (Lipinski definition) is 1. The maximum absolute atomic E-state index is 11.7. The summed E-state index contributed by atoms with van der Waals surface area (Å²) in [6.45, 7) is 2.75. The van der Waals surface area contributed by atoms with E-state index in [2.05, 4.69) is 10.5 Å². The van der Waals surface area contributed by atoms with Gasteiger partial charge in [-0.05, 0) is 12.1 Å². The van der Waals surface area contributed by atoms with Gasteiger partial charge in [-0.1, -0.05) is 25.1 Å². The second-order valence-corrected chi connectivity index (χ2v) is 4.06. The van der Waals surface area contributed by atoms with Crippen molar-refractivity contribution in [3.05, 3.63) is 30.3 Å². The minimum absolute atomic E-state index is 0.0101. The van der Waals surface area contributed by atoms with E-state index in [4.69, 9.17) is 0 Å². The number of benzene rings is 1. The second kappa shape index (κ2) is 4.35. The molecular formula is C12H15N3O. The highest BCUT2D eigenvalue weighted by Crippen LogP contribution is 2.14. The van der Waals surface area contributed by atoms with Crippen molar-refractivity contribution in [2.75, 3.05) is 19.0 Å². The van der Waals surface area contributed by atoms with Gasteiger partial charge in [-0.15, -0.1) is 0 Å². The molecule has 0 spiro atoms. The highest BCUT2D eigenvalue weighted by Gasteiger charge is 2.31. The van der Waals surface area contributed by atoms with Crippen LogP contribution in [0.3, 0.4) is 0 Å². The lowest BCUT2D eigenvalue weighted by Crippen LogP contribution is -2.23. The summed E-state index contributed by atoms with van der Waals surface area (Å²) in [5.74, 6) is 0.199. The van der Waals surface area contributed by atoms with Crippen molar-refractivity contribution in [1.82, 2.24) is 4.90 Å². The second-order valence-electron chi connectivity index (χ2n) is 4.06. The van der Waals surface area contributed by atoms with Crippen LogP contribution in [0.1, 0.15) is 6.92 Å². The minimum atomic E-state index is 0.0101. The molecule has 0 bridgehead atoms. The largest absolute Gasteiger partial charge is 0.340 e. The predicted molar refractivity (Wildman–Crippen MR) is 64.3 cm³/mol. The molecule has 1 aromatic rings. The molecule has 1 N–H and O–H groups in total. The van der Waals surface area contributed by atoms with Crippen LogP contribution in [-0.4, -0.2) is 30.1 Å². The normalized spacial score (nSPS) is 22.9. The zero-order chi connectivity index (χ0) is 11.5. The van der Waals surface area contributed by atoms with E-state index in [1.54, 1.807) is 11.9 Å². The van der Waals surface area contributed by atoms with E-state index in [0.717, 1.165) is 12.2 Å². The molecule has 0 saturated carbocycles. The zero-order valence-corrected chi connectivity index (χ0v) is 9.47. The first kappa shape index (κ1) is 10.7. The van der Waals surface area contributed by atoms with Gasteiger partial charge in [0.1, 0.15) is 5.71 Å². The molecule has 1 unspecified atom stereocenters. The molecule has 0 aliphatic carbocycles. The van der Waals surface area contributed by atoms with Gasteiger partial charge < -0.3 is 4.90 Å². The minimum Gasteiger partial charge on any atom is -0.340 e. The van der Waals surface area contributed by atoms with Crippen LogP contribution in [0.15, 0.2) is 35.4 Å². The molecule has 1 aliphatic heterocycles. The summed E-state index contributed by atoms with van der Waals surface area (Å²) in [4.78, 5) is 13.4. The van der Waals surface area contributed by atoms with Gasteiger partial charge >= 0.3 is 0 Å². The highest BCUT2D eigenvalue weighted by atomic mass is 16.2. The molecule has 1 aromatic carbocycles. The molecule has 1 aliphatic rings. The van der Waals surface area contributed by atoms with Gasteiger partial charge in [-0.2, -0.15) is 5.10 Å². The average Bonchev–Trinajstić information content (AvgIpc) is 2.53. The van der Waals surface area contributed by atoms with Gasteiger partial charge in [0, 0.05) is 19.5 Å². The fourth-order valence-electron chi connectivity index (χ4n) is 1.78. The highest BCUT2D eigenvalue weighted by molar-refractivity contribution is 6.41. The van der Waals surface area contributed by atoms with Crippen LogP contribution >= 0.6 is 0 Å². The number of para-hydroxylation sites is 1. The maximum Gasteiger partial charge on any atom is 0.270 e. The number of carbonyl (C=O) groups is 1. The summed E-state index contributed by atoms with van der Waals surface area (Å²) in [6, 6.07) is 9.62. The smallest absolute Gasteiger partial charge is 0.270 e. The number of carbonyl (C=O) groups excluding carboxylic acids is 1. The summed E-state index contributed by atoms with van der Waals surface area (Å²) in [7, 11) is 1.80. The van der Waals surface area contributed by atoms with E-state index < -0.39 is 0 Å². The van der Waals surface area contributed by atoms with Gasteiger partial charge in [0.15, 0.2) is 0 Å². The number of amides is 1. The number of anilines is 1. The molecule has 1 atom stereocenters.